The molecule has 1 aliphatic rings. The van der Waals surface area contributed by atoms with Crippen molar-refractivity contribution < 1.29 is 19.4 Å². The number of carbonyl (C=O) groups is 1. The van der Waals surface area contributed by atoms with Crippen molar-refractivity contribution in [2.45, 2.75) is 37.5 Å². The van der Waals surface area contributed by atoms with E-state index >= 15 is 0 Å². The Balaban J connectivity index is 1.33. The number of aliphatic hydroxyl groups excluding tert-OH is 1. The van der Waals surface area contributed by atoms with Crippen LogP contribution >= 0.6 is 0 Å². The summed E-state index contributed by atoms with van der Waals surface area (Å²) in [5.41, 5.74) is 2.87. The zero-order valence-corrected chi connectivity index (χ0v) is 22.3. The summed E-state index contributed by atoms with van der Waals surface area (Å²) in [6, 6.07) is 9.89. The molecule has 212 valence electrons. The van der Waals surface area contributed by atoms with E-state index in [4.69, 9.17) is 14.5 Å². The third-order valence-electron chi connectivity index (χ3n) is 6.63. The maximum Gasteiger partial charge on any atom is 0.293 e. The largest absolute Gasteiger partial charge is 0.457 e. The summed E-state index contributed by atoms with van der Waals surface area (Å²) < 4.78 is 14.9. The van der Waals surface area contributed by atoms with E-state index in [9.17, 15) is 9.90 Å². The first-order valence-corrected chi connectivity index (χ1v) is 12.9. The lowest BCUT2D eigenvalue weighted by Crippen LogP contribution is -2.32. The van der Waals surface area contributed by atoms with Gasteiger partial charge in [0.15, 0.2) is 35.4 Å². The Labute approximate surface area is 233 Å². The minimum absolute atomic E-state index is 0.156. The lowest BCUT2D eigenvalue weighted by Gasteiger charge is -2.20. The second-order valence-corrected chi connectivity index (χ2v) is 9.54. The number of hydrogen-bond acceptors (Lipinski definition) is 13. The van der Waals surface area contributed by atoms with Crippen molar-refractivity contribution in [3.8, 4) is 0 Å². The zero-order chi connectivity index (χ0) is 28.3. The Hall–Kier alpha value is -4.96. The number of fused-ring (bicyclic) bond motifs is 1. The quantitative estimate of drug-likeness (QED) is 0.190. The van der Waals surface area contributed by atoms with Gasteiger partial charge in [-0.25, -0.2) is 9.97 Å². The topological polar surface area (TPSA) is 185 Å². The normalized spacial score (nSPS) is 20.4. The first-order valence-electron chi connectivity index (χ1n) is 12.9. The van der Waals surface area contributed by atoms with E-state index in [0.717, 1.165) is 11.3 Å². The van der Waals surface area contributed by atoms with Crippen molar-refractivity contribution in [1.29, 1.82) is 0 Å². The maximum atomic E-state index is 11.4. The number of imidazole rings is 2. The molecule has 0 unspecified atom stereocenters. The summed E-state index contributed by atoms with van der Waals surface area (Å²) in [5.74, 6) is 1.00. The number of aromatic nitrogens is 10. The van der Waals surface area contributed by atoms with Crippen LogP contribution in [0.2, 0.25) is 0 Å². The third-order valence-corrected chi connectivity index (χ3v) is 6.63. The molecule has 0 bridgehead atoms. The van der Waals surface area contributed by atoms with E-state index in [-0.39, 0.29) is 12.3 Å². The third kappa shape index (κ3) is 5.42. The number of nitrogens with one attached hydrogen (secondary N) is 2. The molecule has 4 atom stereocenters. The molecule has 16 nitrogen and oxygen atoms in total. The van der Waals surface area contributed by atoms with E-state index in [0.29, 0.717) is 42.4 Å². The molecular weight excluding hydrogens is 532 g/mol. The van der Waals surface area contributed by atoms with E-state index in [1.165, 1.54) is 11.1 Å². The summed E-state index contributed by atoms with van der Waals surface area (Å²) >= 11 is 0. The number of benzene rings is 1. The Morgan fingerprint density at radius 1 is 1.12 bits per heavy atom. The number of hydrogen-bond donors (Lipinski definition) is 3. The van der Waals surface area contributed by atoms with Crippen molar-refractivity contribution in [3.05, 3.63) is 66.3 Å². The number of carbonyl (C=O) groups excluding carboxylic acids is 1. The standard InChI is InChI=1S/C25H28N12O4/c1-35-11-16(28-12-35)8-9-26-25-30-21(27-10-15-6-4-3-5-7-15)17-23(31-25)37(13-29-17)24-20(40-14-38)18(39)19(41-24)22-32-34-36(2)33-22/h3-7,11-14,18-20,24,39H,8-10H2,1-2H3,(H2,26,27,30,31)/t18-,19+,20-,24-/m1/s1. The van der Waals surface area contributed by atoms with Gasteiger partial charge in [-0.3, -0.25) is 9.36 Å². The highest BCUT2D eigenvalue weighted by Gasteiger charge is 2.49. The van der Waals surface area contributed by atoms with Crippen molar-refractivity contribution in [2.24, 2.45) is 14.1 Å². The van der Waals surface area contributed by atoms with Gasteiger partial charge in [-0.05, 0) is 10.8 Å². The van der Waals surface area contributed by atoms with E-state index in [2.05, 4.69) is 41.0 Å². The molecule has 1 saturated heterocycles. The van der Waals surface area contributed by atoms with Crippen molar-refractivity contribution in [2.75, 3.05) is 17.2 Å². The average molecular weight is 561 g/mol. The monoisotopic (exact) mass is 560 g/mol. The molecule has 0 amide bonds. The van der Waals surface area contributed by atoms with Crippen LogP contribution < -0.4 is 10.6 Å². The molecule has 6 rings (SSSR count). The number of aryl methyl sites for hydroxylation is 2. The van der Waals surface area contributed by atoms with Crippen LogP contribution in [0.15, 0.2) is 49.2 Å². The van der Waals surface area contributed by atoms with Crippen molar-refractivity contribution in [1.82, 2.24) is 49.3 Å². The van der Waals surface area contributed by atoms with Gasteiger partial charge in [-0.1, -0.05) is 30.3 Å². The lowest BCUT2D eigenvalue weighted by molar-refractivity contribution is -0.142. The van der Waals surface area contributed by atoms with Crippen LogP contribution in [0.1, 0.15) is 29.4 Å². The van der Waals surface area contributed by atoms with E-state index in [1.807, 2.05) is 48.1 Å². The van der Waals surface area contributed by atoms with Gasteiger partial charge in [0.25, 0.3) is 6.47 Å². The van der Waals surface area contributed by atoms with Crippen LogP contribution in [0.4, 0.5) is 11.8 Å². The van der Waals surface area contributed by atoms with Gasteiger partial charge in [0, 0.05) is 32.8 Å². The minimum atomic E-state index is -1.26. The van der Waals surface area contributed by atoms with E-state index < -0.39 is 24.5 Å². The number of nitrogens with zero attached hydrogens (tertiary/aromatic N) is 10. The molecule has 0 spiro atoms. The fourth-order valence-electron chi connectivity index (χ4n) is 4.70. The van der Waals surface area contributed by atoms with Crippen LogP contribution in [0, 0.1) is 0 Å². The highest BCUT2D eigenvalue weighted by atomic mass is 16.6. The Bertz CT molecular complexity index is 1630. The van der Waals surface area contributed by atoms with Gasteiger partial charge in [0.2, 0.25) is 11.8 Å². The van der Waals surface area contributed by atoms with Gasteiger partial charge >= 0.3 is 0 Å². The Morgan fingerprint density at radius 3 is 2.71 bits per heavy atom. The van der Waals surface area contributed by atoms with Gasteiger partial charge in [-0.2, -0.15) is 14.8 Å². The summed E-state index contributed by atoms with van der Waals surface area (Å²) in [5, 5.41) is 29.5. The molecule has 16 heteroatoms. The summed E-state index contributed by atoms with van der Waals surface area (Å²) in [7, 11) is 3.52. The second kappa shape index (κ2) is 11.3. The van der Waals surface area contributed by atoms with Crippen molar-refractivity contribution in [3.63, 3.8) is 0 Å². The number of tetrazole rings is 1. The van der Waals surface area contributed by atoms with Gasteiger partial charge in [0.1, 0.15) is 6.10 Å². The SMILES string of the molecule is Cn1cnc(CCNc2nc(NCc3ccccc3)c3ncn([C@@H]4O[C@H](c5nnn(C)n5)[C@@H](O)[C@H]4OC=O)c3n2)c1. The molecule has 3 N–H and O–H groups in total. The Kier molecular flexibility index (Phi) is 7.22. The first kappa shape index (κ1) is 26.3. The fraction of sp³-hybridized carbons (Fsp3) is 0.360. The smallest absolute Gasteiger partial charge is 0.293 e. The maximum absolute atomic E-state index is 11.4. The van der Waals surface area contributed by atoms with Gasteiger partial charge in [0.05, 0.1) is 25.4 Å². The molecular formula is C25H28N12O4. The van der Waals surface area contributed by atoms with Crippen LogP contribution in [-0.4, -0.2) is 79.6 Å². The van der Waals surface area contributed by atoms with Crippen LogP contribution in [-0.2, 0) is 41.3 Å². The molecule has 0 radical (unpaired) electrons. The highest BCUT2D eigenvalue weighted by Crippen LogP contribution is 2.40. The van der Waals surface area contributed by atoms with Crippen LogP contribution in [0.5, 0.6) is 0 Å². The molecule has 0 aliphatic carbocycles. The predicted molar refractivity (Wildman–Crippen MR) is 143 cm³/mol. The molecule has 5 heterocycles. The van der Waals surface area contributed by atoms with Gasteiger partial charge < -0.3 is 29.8 Å². The predicted octanol–water partition coefficient (Wildman–Crippen LogP) is 0.523. The zero-order valence-electron chi connectivity index (χ0n) is 22.3. The number of anilines is 2. The van der Waals surface area contributed by atoms with Crippen LogP contribution in [0.3, 0.4) is 0 Å². The molecule has 4 aromatic heterocycles. The average Bonchev–Trinajstić information content (AvgIpc) is 3.76. The molecule has 0 saturated carbocycles. The second-order valence-electron chi connectivity index (χ2n) is 9.54. The molecule has 1 fully saturated rings. The van der Waals surface area contributed by atoms with Crippen LogP contribution in [0.25, 0.3) is 11.2 Å². The first-order chi connectivity index (χ1) is 20.0. The van der Waals surface area contributed by atoms with E-state index in [1.54, 1.807) is 17.9 Å². The molecule has 1 aliphatic heterocycles. The fourth-order valence-corrected chi connectivity index (χ4v) is 4.70. The highest BCUT2D eigenvalue weighted by molar-refractivity contribution is 5.84. The molecule has 1 aromatic carbocycles. The summed E-state index contributed by atoms with van der Waals surface area (Å²) in [4.78, 5) is 30.9. The summed E-state index contributed by atoms with van der Waals surface area (Å²) in [6.07, 6.45) is 1.54. The molecule has 5 aromatic rings. The Morgan fingerprint density at radius 2 is 1.98 bits per heavy atom. The lowest BCUT2D eigenvalue weighted by atomic mass is 10.1. The summed E-state index contributed by atoms with van der Waals surface area (Å²) in [6.45, 7) is 1.30. The minimum Gasteiger partial charge on any atom is -0.457 e. The van der Waals surface area contributed by atoms with Gasteiger partial charge in [-0.15, -0.1) is 10.2 Å². The molecule has 41 heavy (non-hydrogen) atoms. The number of aliphatic hydroxyl groups is 1. The van der Waals surface area contributed by atoms with Crippen molar-refractivity contribution >= 4 is 29.4 Å². The number of rotatable bonds is 11. The number of ether oxygens (including phenoxy) is 2.